The standard InChI is InChI=1S/C13H8Br2ClF2N/c14-8-2-1-7(10(16)3-8)6-19-13-4-9(15)11(17)5-12(13)18/h1-5,19H,6H2. The fourth-order valence-corrected chi connectivity index (χ4v) is 2.60. The van der Waals surface area contributed by atoms with Gasteiger partial charge in [-0.25, -0.2) is 8.78 Å². The second-order valence-corrected chi connectivity index (χ2v) is 6.01. The highest BCUT2D eigenvalue weighted by molar-refractivity contribution is 9.10. The molecule has 0 amide bonds. The summed E-state index contributed by atoms with van der Waals surface area (Å²) < 4.78 is 27.7. The molecular formula is C13H8Br2ClF2N. The van der Waals surface area contributed by atoms with Gasteiger partial charge in [0.25, 0.3) is 0 Å². The zero-order valence-corrected chi connectivity index (χ0v) is 13.4. The molecule has 2 rings (SSSR count). The largest absolute Gasteiger partial charge is 0.379 e. The molecule has 0 fully saturated rings. The molecule has 2 aromatic carbocycles. The van der Waals surface area contributed by atoms with E-state index in [1.165, 1.54) is 6.07 Å². The Balaban J connectivity index is 2.16. The van der Waals surface area contributed by atoms with Gasteiger partial charge in [0.2, 0.25) is 0 Å². The van der Waals surface area contributed by atoms with Gasteiger partial charge in [-0.1, -0.05) is 33.6 Å². The third kappa shape index (κ3) is 3.68. The van der Waals surface area contributed by atoms with E-state index in [2.05, 4.69) is 37.2 Å². The maximum absolute atomic E-state index is 13.5. The fraction of sp³-hybridized carbons (Fsp3) is 0.0769. The molecule has 19 heavy (non-hydrogen) atoms. The molecule has 0 saturated carbocycles. The van der Waals surface area contributed by atoms with Crippen LogP contribution in [0.2, 0.25) is 5.02 Å². The van der Waals surface area contributed by atoms with Crippen molar-refractivity contribution < 1.29 is 8.78 Å². The maximum Gasteiger partial charge on any atom is 0.149 e. The van der Waals surface area contributed by atoms with Crippen molar-refractivity contribution in [3.8, 4) is 0 Å². The van der Waals surface area contributed by atoms with Crippen LogP contribution in [0.1, 0.15) is 5.56 Å². The Hall–Kier alpha value is -0.650. The Bertz CT molecular complexity index is 620. The van der Waals surface area contributed by atoms with Crippen LogP contribution in [0, 0.1) is 11.6 Å². The SMILES string of the molecule is Fc1cc(F)c(NCc2ccc(Br)cc2Cl)cc1Br. The van der Waals surface area contributed by atoms with Gasteiger partial charge >= 0.3 is 0 Å². The number of rotatable bonds is 3. The monoisotopic (exact) mass is 409 g/mol. The van der Waals surface area contributed by atoms with Crippen LogP contribution >= 0.6 is 43.5 Å². The van der Waals surface area contributed by atoms with Crippen LogP contribution < -0.4 is 5.32 Å². The van der Waals surface area contributed by atoms with Crippen LogP contribution in [0.3, 0.4) is 0 Å². The van der Waals surface area contributed by atoms with Crippen molar-refractivity contribution in [3.63, 3.8) is 0 Å². The van der Waals surface area contributed by atoms with Crippen molar-refractivity contribution in [3.05, 3.63) is 61.5 Å². The molecule has 0 aliphatic carbocycles. The van der Waals surface area contributed by atoms with Crippen LogP contribution in [-0.4, -0.2) is 0 Å². The number of hydrogen-bond acceptors (Lipinski definition) is 1. The van der Waals surface area contributed by atoms with Crippen LogP contribution in [-0.2, 0) is 6.54 Å². The summed E-state index contributed by atoms with van der Waals surface area (Å²) in [6.07, 6.45) is 0. The van der Waals surface area contributed by atoms with Crippen molar-refractivity contribution in [2.24, 2.45) is 0 Å². The molecule has 0 aromatic heterocycles. The lowest BCUT2D eigenvalue weighted by Crippen LogP contribution is -2.02. The lowest BCUT2D eigenvalue weighted by molar-refractivity contribution is 0.580. The first-order chi connectivity index (χ1) is 8.97. The van der Waals surface area contributed by atoms with Gasteiger partial charge < -0.3 is 5.32 Å². The first kappa shape index (κ1) is 14.8. The third-order valence-corrected chi connectivity index (χ3v) is 3.95. The predicted octanol–water partition coefficient (Wildman–Crippen LogP) is 5.76. The summed E-state index contributed by atoms with van der Waals surface area (Å²) >= 11 is 12.4. The Kier molecular flexibility index (Phi) is 4.81. The molecule has 0 radical (unpaired) electrons. The summed E-state index contributed by atoms with van der Waals surface area (Å²) in [7, 11) is 0. The summed E-state index contributed by atoms with van der Waals surface area (Å²) in [6, 6.07) is 7.62. The highest BCUT2D eigenvalue weighted by atomic mass is 79.9. The first-order valence-corrected chi connectivity index (χ1v) is 7.26. The van der Waals surface area contributed by atoms with Crippen LogP contribution in [0.4, 0.5) is 14.5 Å². The van der Waals surface area contributed by atoms with Gasteiger partial charge in [0.1, 0.15) is 11.6 Å². The Morgan fingerprint density at radius 2 is 1.79 bits per heavy atom. The minimum Gasteiger partial charge on any atom is -0.379 e. The zero-order chi connectivity index (χ0) is 14.0. The van der Waals surface area contributed by atoms with E-state index < -0.39 is 11.6 Å². The second-order valence-electron chi connectivity index (χ2n) is 3.84. The highest BCUT2D eigenvalue weighted by Crippen LogP contribution is 2.26. The van der Waals surface area contributed by atoms with Crippen LogP contribution in [0.15, 0.2) is 39.3 Å². The van der Waals surface area contributed by atoms with Crippen molar-refractivity contribution in [2.45, 2.75) is 6.54 Å². The summed E-state index contributed by atoms with van der Waals surface area (Å²) in [6.45, 7) is 0.348. The van der Waals surface area contributed by atoms with Crippen molar-refractivity contribution >= 4 is 49.1 Å². The molecule has 0 aliphatic rings. The summed E-state index contributed by atoms with van der Waals surface area (Å²) in [4.78, 5) is 0. The molecule has 0 bridgehead atoms. The van der Waals surface area contributed by atoms with E-state index in [1.54, 1.807) is 6.07 Å². The minimum atomic E-state index is -0.645. The van der Waals surface area contributed by atoms with Gasteiger partial charge in [0, 0.05) is 22.1 Å². The van der Waals surface area contributed by atoms with Crippen LogP contribution in [0.5, 0.6) is 0 Å². The van der Waals surface area contributed by atoms with E-state index in [0.717, 1.165) is 16.1 Å². The van der Waals surface area contributed by atoms with E-state index in [1.807, 2.05) is 12.1 Å². The summed E-state index contributed by atoms with van der Waals surface area (Å²) in [5, 5.41) is 3.46. The molecule has 0 saturated heterocycles. The lowest BCUT2D eigenvalue weighted by Gasteiger charge is -2.10. The molecule has 0 aliphatic heterocycles. The molecule has 0 spiro atoms. The molecule has 100 valence electrons. The average molecular weight is 411 g/mol. The van der Waals surface area contributed by atoms with Gasteiger partial charge in [-0.15, -0.1) is 0 Å². The Morgan fingerprint density at radius 1 is 1.05 bits per heavy atom. The number of halogens is 5. The molecule has 1 nitrogen and oxygen atoms in total. The minimum absolute atomic E-state index is 0.207. The average Bonchev–Trinajstić information content (AvgIpc) is 2.34. The van der Waals surface area contributed by atoms with E-state index in [0.29, 0.717) is 11.6 Å². The third-order valence-electron chi connectivity index (χ3n) is 2.49. The zero-order valence-electron chi connectivity index (χ0n) is 9.48. The van der Waals surface area contributed by atoms with E-state index in [4.69, 9.17) is 11.6 Å². The number of hydrogen-bond donors (Lipinski definition) is 1. The molecular weight excluding hydrogens is 403 g/mol. The molecule has 6 heteroatoms. The molecule has 2 aromatic rings. The first-order valence-electron chi connectivity index (χ1n) is 5.29. The summed E-state index contributed by atoms with van der Waals surface area (Å²) in [5.41, 5.74) is 1.04. The molecule has 1 N–H and O–H groups in total. The maximum atomic E-state index is 13.5. The van der Waals surface area contributed by atoms with E-state index in [9.17, 15) is 8.78 Å². The smallest absolute Gasteiger partial charge is 0.149 e. The van der Waals surface area contributed by atoms with Crippen molar-refractivity contribution in [2.75, 3.05) is 5.32 Å². The molecule has 0 atom stereocenters. The topological polar surface area (TPSA) is 12.0 Å². The van der Waals surface area contributed by atoms with Gasteiger partial charge in [0.05, 0.1) is 10.2 Å². The lowest BCUT2D eigenvalue weighted by atomic mass is 10.2. The van der Waals surface area contributed by atoms with E-state index in [-0.39, 0.29) is 10.2 Å². The van der Waals surface area contributed by atoms with E-state index >= 15 is 0 Å². The Morgan fingerprint density at radius 3 is 2.47 bits per heavy atom. The van der Waals surface area contributed by atoms with Gasteiger partial charge in [0.15, 0.2) is 0 Å². The second kappa shape index (κ2) is 6.20. The fourth-order valence-electron chi connectivity index (χ4n) is 1.51. The predicted molar refractivity (Wildman–Crippen MR) is 80.5 cm³/mol. The van der Waals surface area contributed by atoms with Crippen LogP contribution in [0.25, 0.3) is 0 Å². The van der Waals surface area contributed by atoms with Gasteiger partial charge in [-0.3, -0.25) is 0 Å². The molecule has 0 heterocycles. The Labute approximate surface area is 131 Å². The number of nitrogens with one attached hydrogen (secondary N) is 1. The molecule has 0 unspecified atom stereocenters. The van der Waals surface area contributed by atoms with Crippen molar-refractivity contribution in [1.82, 2.24) is 0 Å². The van der Waals surface area contributed by atoms with Gasteiger partial charge in [-0.2, -0.15) is 0 Å². The number of benzene rings is 2. The van der Waals surface area contributed by atoms with Gasteiger partial charge in [-0.05, 0) is 39.7 Å². The number of anilines is 1. The quantitative estimate of drug-likeness (QED) is 0.634. The highest BCUT2D eigenvalue weighted by Gasteiger charge is 2.08. The summed E-state index contributed by atoms with van der Waals surface area (Å²) in [5.74, 6) is -1.28. The normalized spacial score (nSPS) is 10.6. The van der Waals surface area contributed by atoms with Crippen molar-refractivity contribution in [1.29, 1.82) is 0 Å².